The lowest BCUT2D eigenvalue weighted by molar-refractivity contribution is -0.158. The molecule has 4 nitrogen and oxygen atoms in total. The Hall–Kier alpha value is -0.610. The number of hydrogen-bond donors (Lipinski definition) is 2. The highest BCUT2D eigenvalue weighted by Crippen LogP contribution is 2.41. The van der Waals surface area contributed by atoms with Crippen LogP contribution in [0.3, 0.4) is 0 Å². The van der Waals surface area contributed by atoms with Gasteiger partial charge in [0, 0.05) is 12.8 Å². The molecule has 0 aromatic rings. The van der Waals surface area contributed by atoms with Gasteiger partial charge in [0.15, 0.2) is 0 Å². The minimum Gasteiger partial charge on any atom is -0.456 e. The third kappa shape index (κ3) is 0.949. The van der Waals surface area contributed by atoms with Crippen LogP contribution in [0, 0.1) is 0 Å². The minimum atomic E-state index is -0.885. The third-order valence-corrected chi connectivity index (χ3v) is 2.84. The molecule has 2 fully saturated rings. The van der Waals surface area contributed by atoms with Crippen LogP contribution in [0.25, 0.3) is 0 Å². The van der Waals surface area contributed by atoms with E-state index in [4.69, 9.17) is 4.74 Å². The topological polar surface area (TPSA) is 66.8 Å². The molecule has 3 unspecified atom stereocenters. The van der Waals surface area contributed by atoms with Gasteiger partial charge in [-0.15, -0.1) is 0 Å². The van der Waals surface area contributed by atoms with Crippen molar-refractivity contribution in [1.82, 2.24) is 0 Å². The van der Waals surface area contributed by atoms with Gasteiger partial charge in [-0.1, -0.05) is 0 Å². The summed E-state index contributed by atoms with van der Waals surface area (Å²) in [6.07, 6.45) is 0.406. The molecule has 12 heavy (non-hydrogen) atoms. The van der Waals surface area contributed by atoms with E-state index in [2.05, 4.69) is 0 Å². The fraction of sp³-hybridized carbons (Fsp3) is 0.875. The fourth-order valence-corrected chi connectivity index (χ4v) is 2.08. The summed E-state index contributed by atoms with van der Waals surface area (Å²) in [5.41, 5.74) is -0.753. The second-order valence-electron chi connectivity index (χ2n) is 3.59. The average molecular weight is 172 g/mol. The molecule has 1 heterocycles. The second kappa shape index (κ2) is 2.44. The zero-order valence-electron chi connectivity index (χ0n) is 6.69. The van der Waals surface area contributed by atoms with Gasteiger partial charge in [0.2, 0.25) is 0 Å². The van der Waals surface area contributed by atoms with Crippen LogP contribution in [0.4, 0.5) is 0 Å². The summed E-state index contributed by atoms with van der Waals surface area (Å²) >= 11 is 0. The van der Waals surface area contributed by atoms with Crippen molar-refractivity contribution in [3.05, 3.63) is 0 Å². The maximum atomic E-state index is 10.8. The molecule has 1 saturated carbocycles. The van der Waals surface area contributed by atoms with Gasteiger partial charge in [0.25, 0.3) is 0 Å². The summed E-state index contributed by atoms with van der Waals surface area (Å²) in [5.74, 6) is -0.261. The van der Waals surface area contributed by atoms with Gasteiger partial charge >= 0.3 is 5.97 Å². The average Bonchev–Trinajstić information content (AvgIpc) is 2.53. The van der Waals surface area contributed by atoms with Gasteiger partial charge in [-0.05, 0) is 12.8 Å². The molecule has 68 valence electrons. The maximum absolute atomic E-state index is 10.8. The van der Waals surface area contributed by atoms with Gasteiger partial charge in [-0.25, -0.2) is 0 Å². The molecule has 3 atom stereocenters. The number of aliphatic hydroxyl groups is 2. The Morgan fingerprint density at radius 2 is 2.17 bits per heavy atom. The van der Waals surface area contributed by atoms with E-state index in [-0.39, 0.29) is 5.97 Å². The Kier molecular flexibility index (Phi) is 1.63. The summed E-state index contributed by atoms with van der Waals surface area (Å²) in [4.78, 5) is 10.8. The van der Waals surface area contributed by atoms with Crippen molar-refractivity contribution in [3.8, 4) is 0 Å². The molecule has 0 radical (unpaired) electrons. The van der Waals surface area contributed by atoms with Crippen molar-refractivity contribution in [2.45, 2.75) is 43.5 Å². The highest BCUT2D eigenvalue weighted by Gasteiger charge is 2.53. The highest BCUT2D eigenvalue weighted by atomic mass is 16.6. The number of hydrogen-bond acceptors (Lipinski definition) is 4. The van der Waals surface area contributed by atoms with Crippen molar-refractivity contribution in [2.24, 2.45) is 0 Å². The Labute approximate surface area is 70.1 Å². The second-order valence-corrected chi connectivity index (χ2v) is 3.59. The van der Waals surface area contributed by atoms with E-state index >= 15 is 0 Å². The lowest BCUT2D eigenvalue weighted by Gasteiger charge is -2.26. The van der Waals surface area contributed by atoms with Gasteiger partial charge in [-0.3, -0.25) is 4.79 Å². The summed E-state index contributed by atoms with van der Waals surface area (Å²) in [7, 11) is 0. The molecule has 1 aliphatic carbocycles. The SMILES string of the molecule is O=C1CCC2(CCC(O)C2O)O1. The molecule has 0 aromatic heterocycles. The van der Waals surface area contributed by atoms with Gasteiger partial charge in [0.05, 0.1) is 6.10 Å². The Balaban J connectivity index is 2.17. The molecule has 4 heteroatoms. The van der Waals surface area contributed by atoms with Gasteiger partial charge in [0.1, 0.15) is 11.7 Å². The lowest BCUT2D eigenvalue weighted by atomic mass is 9.96. The summed E-state index contributed by atoms with van der Waals surface area (Å²) < 4.78 is 5.04. The van der Waals surface area contributed by atoms with Crippen molar-refractivity contribution in [3.63, 3.8) is 0 Å². The third-order valence-electron chi connectivity index (χ3n) is 2.84. The zero-order chi connectivity index (χ0) is 8.77. The number of carbonyl (C=O) groups excluding carboxylic acids is 1. The molecule has 1 aliphatic heterocycles. The largest absolute Gasteiger partial charge is 0.456 e. The quantitative estimate of drug-likeness (QED) is 0.487. The predicted molar refractivity (Wildman–Crippen MR) is 39.3 cm³/mol. The first-order valence-corrected chi connectivity index (χ1v) is 4.22. The maximum Gasteiger partial charge on any atom is 0.306 e. The summed E-state index contributed by atoms with van der Waals surface area (Å²) in [6.45, 7) is 0. The van der Waals surface area contributed by atoms with E-state index in [1.807, 2.05) is 0 Å². The molecule has 2 N–H and O–H groups in total. The van der Waals surface area contributed by atoms with Crippen LogP contribution in [0.5, 0.6) is 0 Å². The number of aliphatic hydroxyl groups excluding tert-OH is 2. The molecule has 2 aliphatic rings. The fourth-order valence-electron chi connectivity index (χ4n) is 2.08. The molecule has 0 bridgehead atoms. The van der Waals surface area contributed by atoms with E-state index in [9.17, 15) is 15.0 Å². The molecule has 0 amide bonds. The highest BCUT2D eigenvalue weighted by molar-refractivity contribution is 5.72. The Morgan fingerprint density at radius 3 is 2.58 bits per heavy atom. The molecular weight excluding hydrogens is 160 g/mol. The Bertz CT molecular complexity index is 215. The van der Waals surface area contributed by atoms with Crippen molar-refractivity contribution < 1.29 is 19.7 Å². The van der Waals surface area contributed by atoms with E-state index in [1.165, 1.54) is 0 Å². The zero-order valence-corrected chi connectivity index (χ0v) is 6.69. The monoisotopic (exact) mass is 172 g/mol. The van der Waals surface area contributed by atoms with Crippen LogP contribution in [-0.2, 0) is 9.53 Å². The lowest BCUT2D eigenvalue weighted by Crippen LogP contribution is -2.41. The number of esters is 1. The smallest absolute Gasteiger partial charge is 0.306 e. The molecular formula is C8H12O4. The summed E-state index contributed by atoms with van der Waals surface area (Å²) in [6, 6.07) is 0. The van der Waals surface area contributed by atoms with Crippen LogP contribution in [0.15, 0.2) is 0 Å². The minimum absolute atomic E-state index is 0.261. The van der Waals surface area contributed by atoms with Crippen LogP contribution >= 0.6 is 0 Å². The van der Waals surface area contributed by atoms with Crippen molar-refractivity contribution >= 4 is 5.97 Å². The van der Waals surface area contributed by atoms with Gasteiger partial charge in [-0.2, -0.15) is 0 Å². The molecule has 1 saturated heterocycles. The van der Waals surface area contributed by atoms with Crippen molar-refractivity contribution in [2.75, 3.05) is 0 Å². The van der Waals surface area contributed by atoms with Crippen molar-refractivity contribution in [1.29, 1.82) is 0 Å². The Morgan fingerprint density at radius 1 is 1.42 bits per heavy atom. The van der Waals surface area contributed by atoms with E-state index < -0.39 is 17.8 Å². The van der Waals surface area contributed by atoms with Gasteiger partial charge < -0.3 is 14.9 Å². The first-order valence-electron chi connectivity index (χ1n) is 4.22. The van der Waals surface area contributed by atoms with Crippen LogP contribution in [0.1, 0.15) is 25.7 Å². The predicted octanol–water partition coefficient (Wildman–Crippen LogP) is -0.422. The molecule has 2 rings (SSSR count). The first-order chi connectivity index (χ1) is 5.64. The van der Waals surface area contributed by atoms with Crippen LogP contribution in [-0.4, -0.2) is 34.0 Å². The standard InChI is InChI=1S/C8H12O4/c9-5-1-3-8(7(5)11)4-2-6(10)12-8/h5,7,9,11H,1-4H2. The first kappa shape index (κ1) is 8.01. The summed E-state index contributed by atoms with van der Waals surface area (Å²) in [5, 5.41) is 18.8. The molecule has 1 spiro atoms. The van der Waals surface area contributed by atoms with Crippen LogP contribution < -0.4 is 0 Å². The van der Waals surface area contributed by atoms with Crippen LogP contribution in [0.2, 0.25) is 0 Å². The number of rotatable bonds is 0. The van der Waals surface area contributed by atoms with E-state index in [0.717, 1.165) is 0 Å². The van der Waals surface area contributed by atoms with E-state index in [1.54, 1.807) is 0 Å². The molecule has 0 aromatic carbocycles. The number of ether oxygens (including phenoxy) is 1. The van der Waals surface area contributed by atoms with E-state index in [0.29, 0.717) is 25.7 Å². The normalized spacial score (nSPS) is 47.0. The number of carbonyl (C=O) groups is 1.